The number of rotatable bonds is 6. The largest absolute Gasteiger partial charge is 0.460 e. The molecule has 0 spiro atoms. The highest BCUT2D eigenvalue weighted by Gasteiger charge is 2.33. The Kier molecular flexibility index (Phi) is 6.76. The van der Waals surface area contributed by atoms with E-state index in [2.05, 4.69) is 20.8 Å². The van der Waals surface area contributed by atoms with Gasteiger partial charge in [-0.25, -0.2) is 9.59 Å². The molecule has 0 unspecified atom stereocenters. The van der Waals surface area contributed by atoms with Crippen LogP contribution >= 0.6 is 0 Å². The van der Waals surface area contributed by atoms with E-state index in [0.29, 0.717) is 17.8 Å². The van der Waals surface area contributed by atoms with Gasteiger partial charge in [0.1, 0.15) is 11.8 Å². The van der Waals surface area contributed by atoms with Crippen LogP contribution in [0.3, 0.4) is 0 Å². The smallest absolute Gasteiger partial charge is 0.344 e. The van der Waals surface area contributed by atoms with Crippen molar-refractivity contribution in [1.82, 2.24) is 0 Å². The van der Waals surface area contributed by atoms with Crippen LogP contribution in [0.25, 0.3) is 0 Å². The quantitative estimate of drug-likeness (QED) is 0.348. The van der Waals surface area contributed by atoms with E-state index in [0.717, 1.165) is 25.3 Å². The predicted octanol–water partition coefficient (Wildman–Crippen LogP) is 3.34. The highest BCUT2D eigenvalue weighted by molar-refractivity contribution is 5.92. The molecule has 8 nitrogen and oxygen atoms in total. The Morgan fingerprint density at radius 3 is 2.67 bits per heavy atom. The van der Waals surface area contributed by atoms with Gasteiger partial charge in [0.2, 0.25) is 0 Å². The van der Waals surface area contributed by atoms with E-state index in [1.165, 1.54) is 12.1 Å². The number of nitrogens with zero attached hydrogens (tertiary/aromatic N) is 1. The van der Waals surface area contributed by atoms with Gasteiger partial charge >= 0.3 is 11.9 Å². The Morgan fingerprint density at radius 2 is 2.04 bits per heavy atom. The van der Waals surface area contributed by atoms with Crippen LogP contribution in [-0.2, 0) is 14.3 Å². The van der Waals surface area contributed by atoms with Crippen molar-refractivity contribution in [3.05, 3.63) is 33.9 Å². The first-order valence-corrected chi connectivity index (χ1v) is 9.09. The van der Waals surface area contributed by atoms with Crippen molar-refractivity contribution >= 4 is 23.3 Å². The van der Waals surface area contributed by atoms with Crippen molar-refractivity contribution in [2.24, 2.45) is 17.8 Å². The van der Waals surface area contributed by atoms with Gasteiger partial charge in [-0.1, -0.05) is 27.2 Å². The second-order valence-corrected chi connectivity index (χ2v) is 7.46. The fraction of sp³-hybridized carbons (Fsp3) is 0.579. The van der Waals surface area contributed by atoms with E-state index < -0.39 is 23.5 Å². The number of carbonyl (C=O) groups excluding carboxylic acids is 2. The Balaban J connectivity index is 1.93. The van der Waals surface area contributed by atoms with Crippen LogP contribution in [-0.4, -0.2) is 29.6 Å². The molecule has 1 aromatic rings. The number of anilines is 1. The number of nitro groups is 1. The van der Waals surface area contributed by atoms with Gasteiger partial charge in [0.15, 0.2) is 6.61 Å². The summed E-state index contributed by atoms with van der Waals surface area (Å²) in [5.41, 5.74) is 5.01. The number of nitrogens with two attached hydrogens (primary N) is 1. The number of hydrogen-bond acceptors (Lipinski definition) is 7. The molecule has 27 heavy (non-hydrogen) atoms. The third-order valence-electron chi connectivity index (χ3n) is 5.03. The summed E-state index contributed by atoms with van der Waals surface area (Å²) in [5, 5.41) is 10.9. The minimum Gasteiger partial charge on any atom is -0.460 e. The van der Waals surface area contributed by atoms with Crippen molar-refractivity contribution in [3.8, 4) is 0 Å². The first-order chi connectivity index (χ1) is 12.7. The van der Waals surface area contributed by atoms with Gasteiger partial charge in [-0.05, 0) is 42.7 Å². The van der Waals surface area contributed by atoms with Crippen LogP contribution in [0.2, 0.25) is 0 Å². The van der Waals surface area contributed by atoms with Gasteiger partial charge in [-0.2, -0.15) is 0 Å². The maximum atomic E-state index is 12.1. The molecule has 0 amide bonds. The number of nitrogen functional groups attached to an aromatic ring is 1. The molecule has 1 aromatic carbocycles. The lowest BCUT2D eigenvalue weighted by molar-refractivity contribution is -0.383. The van der Waals surface area contributed by atoms with Crippen LogP contribution in [0.4, 0.5) is 11.4 Å². The van der Waals surface area contributed by atoms with E-state index >= 15 is 0 Å². The SMILES string of the molecule is CC(C)[C@@H]1CC[C@H](C)C[C@H]1OC(=O)COC(=O)c1ccc(N)c([N+](=O)[O-])c1. The van der Waals surface area contributed by atoms with E-state index in [-0.39, 0.29) is 23.0 Å². The van der Waals surface area contributed by atoms with Crippen LogP contribution < -0.4 is 5.73 Å². The maximum Gasteiger partial charge on any atom is 0.344 e. The molecule has 2 N–H and O–H groups in total. The van der Waals surface area contributed by atoms with Crippen molar-refractivity contribution in [2.45, 2.75) is 46.1 Å². The van der Waals surface area contributed by atoms with E-state index in [9.17, 15) is 19.7 Å². The van der Waals surface area contributed by atoms with Gasteiger partial charge in [0, 0.05) is 6.07 Å². The molecular formula is C19H26N2O6. The second kappa shape index (κ2) is 8.83. The topological polar surface area (TPSA) is 122 Å². The number of benzene rings is 1. The summed E-state index contributed by atoms with van der Waals surface area (Å²) in [5.74, 6) is -0.282. The number of esters is 2. The molecule has 3 atom stereocenters. The third-order valence-corrected chi connectivity index (χ3v) is 5.03. The van der Waals surface area contributed by atoms with E-state index in [1.54, 1.807) is 0 Å². The first kappa shape index (κ1) is 20.7. The van der Waals surface area contributed by atoms with Gasteiger partial charge < -0.3 is 15.2 Å². The standard InChI is InChI=1S/C19H26N2O6/c1-11(2)14-6-4-12(3)8-17(14)27-18(22)10-26-19(23)13-5-7-15(20)16(9-13)21(24)25/h5,7,9,11-12,14,17H,4,6,8,10,20H2,1-3H3/t12-,14-,17+/m0/s1. The number of hydrogen-bond donors (Lipinski definition) is 1. The molecule has 0 radical (unpaired) electrons. The summed E-state index contributed by atoms with van der Waals surface area (Å²) in [6.45, 7) is 5.81. The molecule has 1 saturated carbocycles. The van der Waals surface area contributed by atoms with Crippen molar-refractivity contribution in [1.29, 1.82) is 0 Å². The van der Waals surface area contributed by atoms with Crippen LogP contribution in [0.1, 0.15) is 50.4 Å². The third kappa shape index (κ3) is 5.42. The van der Waals surface area contributed by atoms with Crippen molar-refractivity contribution in [2.75, 3.05) is 12.3 Å². The summed E-state index contributed by atoms with van der Waals surface area (Å²) in [7, 11) is 0. The van der Waals surface area contributed by atoms with Crippen molar-refractivity contribution in [3.63, 3.8) is 0 Å². The molecule has 148 valence electrons. The number of nitro benzene ring substituents is 1. The van der Waals surface area contributed by atoms with E-state index in [4.69, 9.17) is 15.2 Å². The average molecular weight is 378 g/mol. The summed E-state index contributed by atoms with van der Waals surface area (Å²) < 4.78 is 10.5. The number of ether oxygens (including phenoxy) is 2. The summed E-state index contributed by atoms with van der Waals surface area (Å²) in [6.07, 6.45) is 2.73. The number of carbonyl (C=O) groups is 2. The summed E-state index contributed by atoms with van der Waals surface area (Å²) >= 11 is 0. The fourth-order valence-corrected chi connectivity index (χ4v) is 3.49. The molecule has 1 aliphatic carbocycles. The molecule has 0 aliphatic heterocycles. The molecule has 1 fully saturated rings. The summed E-state index contributed by atoms with van der Waals surface area (Å²) in [4.78, 5) is 34.4. The molecule has 0 bridgehead atoms. The van der Waals surface area contributed by atoms with Crippen molar-refractivity contribution < 1.29 is 24.0 Å². The fourth-order valence-electron chi connectivity index (χ4n) is 3.49. The van der Waals surface area contributed by atoms with Gasteiger partial charge in [-0.3, -0.25) is 10.1 Å². The molecular weight excluding hydrogens is 352 g/mol. The van der Waals surface area contributed by atoms with Gasteiger partial charge in [0.25, 0.3) is 5.69 Å². The maximum absolute atomic E-state index is 12.1. The molecule has 1 aliphatic rings. The van der Waals surface area contributed by atoms with Crippen LogP contribution in [0.15, 0.2) is 18.2 Å². The summed E-state index contributed by atoms with van der Waals surface area (Å²) in [6, 6.07) is 3.60. The average Bonchev–Trinajstić information content (AvgIpc) is 2.59. The highest BCUT2D eigenvalue weighted by atomic mass is 16.6. The Hall–Kier alpha value is -2.64. The zero-order chi connectivity index (χ0) is 20.1. The minimum atomic E-state index is -0.840. The zero-order valence-electron chi connectivity index (χ0n) is 15.8. The van der Waals surface area contributed by atoms with Crippen LogP contribution in [0.5, 0.6) is 0 Å². The second-order valence-electron chi connectivity index (χ2n) is 7.46. The van der Waals surface area contributed by atoms with Crippen LogP contribution in [0, 0.1) is 27.9 Å². The molecule has 8 heteroatoms. The molecule has 0 aromatic heterocycles. The lowest BCUT2D eigenvalue weighted by atomic mass is 9.75. The Bertz CT molecular complexity index is 718. The van der Waals surface area contributed by atoms with Gasteiger partial charge in [-0.15, -0.1) is 0 Å². The molecule has 2 rings (SSSR count). The normalized spacial score (nSPS) is 22.3. The first-order valence-electron chi connectivity index (χ1n) is 9.09. The molecule has 0 heterocycles. The predicted molar refractivity (Wildman–Crippen MR) is 99.0 cm³/mol. The highest BCUT2D eigenvalue weighted by Crippen LogP contribution is 2.35. The van der Waals surface area contributed by atoms with E-state index in [1.807, 2.05) is 0 Å². The Labute approximate surface area is 158 Å². The molecule has 0 saturated heterocycles. The minimum absolute atomic E-state index is 0.0463. The van der Waals surface area contributed by atoms with Gasteiger partial charge in [0.05, 0.1) is 10.5 Å². The lowest BCUT2D eigenvalue weighted by Crippen LogP contribution is -2.36. The lowest BCUT2D eigenvalue weighted by Gasteiger charge is -2.36. The Morgan fingerprint density at radius 1 is 1.33 bits per heavy atom. The zero-order valence-corrected chi connectivity index (χ0v) is 15.8. The monoisotopic (exact) mass is 378 g/mol.